The maximum absolute atomic E-state index is 11.5. The normalized spacial score (nSPS) is 30.4. The van der Waals surface area contributed by atoms with Crippen LogP contribution in [-0.4, -0.2) is 23.3 Å². The van der Waals surface area contributed by atoms with Crippen LogP contribution in [0.2, 0.25) is 0 Å². The molecule has 2 atom stereocenters. The molecule has 0 aromatic rings. The minimum atomic E-state index is -0.516. The van der Waals surface area contributed by atoms with E-state index in [1.807, 2.05) is 6.92 Å². The quantitative estimate of drug-likeness (QED) is 0.664. The topological polar surface area (TPSA) is 46.5 Å². The molecule has 0 radical (unpaired) electrons. The molecule has 100 valence electrons. The van der Waals surface area contributed by atoms with E-state index in [9.17, 15) is 9.90 Å². The fourth-order valence-electron chi connectivity index (χ4n) is 2.32. The Balaban J connectivity index is 2.34. The van der Waals surface area contributed by atoms with E-state index in [4.69, 9.17) is 4.74 Å². The van der Waals surface area contributed by atoms with Crippen LogP contribution in [0, 0.1) is 0 Å². The van der Waals surface area contributed by atoms with Crippen molar-refractivity contribution >= 4 is 5.97 Å². The van der Waals surface area contributed by atoms with E-state index < -0.39 is 6.10 Å². The SMILES string of the molecule is C[C@H]1CCCCCCCCC[C@H](O)CC(=O)O1. The molecule has 0 aliphatic carbocycles. The first-order valence-corrected chi connectivity index (χ1v) is 7.06. The lowest BCUT2D eigenvalue weighted by Gasteiger charge is -2.16. The zero-order chi connectivity index (χ0) is 12.5. The first-order valence-electron chi connectivity index (χ1n) is 7.06. The summed E-state index contributed by atoms with van der Waals surface area (Å²) in [5, 5.41) is 9.67. The summed E-state index contributed by atoms with van der Waals surface area (Å²) in [4.78, 5) is 11.5. The van der Waals surface area contributed by atoms with Gasteiger partial charge in [0.2, 0.25) is 0 Å². The van der Waals surface area contributed by atoms with Crippen molar-refractivity contribution in [1.29, 1.82) is 0 Å². The largest absolute Gasteiger partial charge is 0.463 e. The van der Waals surface area contributed by atoms with Crippen LogP contribution in [0.1, 0.15) is 71.1 Å². The first-order chi connectivity index (χ1) is 8.18. The van der Waals surface area contributed by atoms with Gasteiger partial charge in [0.15, 0.2) is 0 Å². The predicted octanol–water partition coefficient (Wildman–Crippen LogP) is 3.19. The number of aliphatic hydroxyl groups excluding tert-OH is 1. The van der Waals surface area contributed by atoms with E-state index in [1.165, 1.54) is 32.1 Å². The molecule has 1 saturated heterocycles. The van der Waals surface area contributed by atoms with E-state index in [1.54, 1.807) is 0 Å². The Hall–Kier alpha value is -0.570. The summed E-state index contributed by atoms with van der Waals surface area (Å²) in [6.45, 7) is 1.94. The second kappa shape index (κ2) is 8.51. The zero-order valence-corrected chi connectivity index (χ0v) is 11.0. The number of carbonyl (C=O) groups excluding carboxylic acids is 1. The smallest absolute Gasteiger partial charge is 0.308 e. The van der Waals surface area contributed by atoms with Crippen molar-refractivity contribution in [3.8, 4) is 0 Å². The maximum atomic E-state index is 11.5. The molecule has 1 aliphatic rings. The van der Waals surface area contributed by atoms with Crippen molar-refractivity contribution < 1.29 is 14.6 Å². The molecule has 1 N–H and O–H groups in total. The third kappa shape index (κ3) is 7.37. The molecule has 0 spiro atoms. The van der Waals surface area contributed by atoms with Crippen LogP contribution in [0.5, 0.6) is 0 Å². The molecule has 3 heteroatoms. The van der Waals surface area contributed by atoms with Crippen molar-refractivity contribution in [3.05, 3.63) is 0 Å². The Labute approximate surface area is 105 Å². The third-order valence-corrected chi connectivity index (χ3v) is 3.38. The van der Waals surface area contributed by atoms with Crippen LogP contribution < -0.4 is 0 Å². The first kappa shape index (κ1) is 14.5. The number of carbonyl (C=O) groups is 1. The molecule has 3 nitrogen and oxygen atoms in total. The molecule has 0 bridgehead atoms. The monoisotopic (exact) mass is 242 g/mol. The van der Waals surface area contributed by atoms with Gasteiger partial charge in [-0.15, -0.1) is 0 Å². The molecule has 1 aliphatic heterocycles. The summed E-state index contributed by atoms with van der Waals surface area (Å²) in [5.74, 6) is -0.248. The summed E-state index contributed by atoms with van der Waals surface area (Å²) in [5.41, 5.74) is 0. The molecular formula is C14H26O3. The van der Waals surface area contributed by atoms with E-state index >= 15 is 0 Å². The second-order valence-electron chi connectivity index (χ2n) is 5.21. The molecule has 17 heavy (non-hydrogen) atoms. The predicted molar refractivity (Wildman–Crippen MR) is 67.7 cm³/mol. The highest BCUT2D eigenvalue weighted by Gasteiger charge is 2.14. The van der Waals surface area contributed by atoms with E-state index in [-0.39, 0.29) is 18.5 Å². The number of hydrogen-bond donors (Lipinski definition) is 1. The van der Waals surface area contributed by atoms with Crippen LogP contribution in [0.25, 0.3) is 0 Å². The average molecular weight is 242 g/mol. The molecule has 0 unspecified atom stereocenters. The lowest BCUT2D eigenvalue weighted by molar-refractivity contribution is -0.150. The van der Waals surface area contributed by atoms with E-state index in [0.29, 0.717) is 0 Å². The number of esters is 1. The van der Waals surface area contributed by atoms with Crippen LogP contribution in [0.3, 0.4) is 0 Å². The second-order valence-corrected chi connectivity index (χ2v) is 5.21. The van der Waals surface area contributed by atoms with E-state index in [2.05, 4.69) is 0 Å². The highest BCUT2D eigenvalue weighted by atomic mass is 16.5. The van der Waals surface area contributed by atoms with Gasteiger partial charge in [0.05, 0.1) is 18.6 Å². The summed E-state index contributed by atoms with van der Waals surface area (Å²) in [6, 6.07) is 0. The Bertz CT molecular complexity index is 196. The Morgan fingerprint density at radius 3 is 2.18 bits per heavy atom. The van der Waals surface area contributed by atoms with Gasteiger partial charge in [-0.25, -0.2) is 0 Å². The van der Waals surface area contributed by atoms with Gasteiger partial charge in [-0.2, -0.15) is 0 Å². The molecule has 1 rings (SSSR count). The van der Waals surface area contributed by atoms with Crippen molar-refractivity contribution in [3.63, 3.8) is 0 Å². The lowest BCUT2D eigenvalue weighted by atomic mass is 10.0. The number of rotatable bonds is 0. The minimum absolute atomic E-state index is 0.00218. The van der Waals surface area contributed by atoms with E-state index in [0.717, 1.165) is 25.7 Å². The Morgan fingerprint density at radius 2 is 1.53 bits per heavy atom. The number of aliphatic hydroxyl groups is 1. The molecule has 1 heterocycles. The molecule has 1 fully saturated rings. The van der Waals surface area contributed by atoms with Crippen molar-refractivity contribution in [1.82, 2.24) is 0 Å². The van der Waals surface area contributed by atoms with Gasteiger partial charge in [0, 0.05) is 0 Å². The summed E-state index contributed by atoms with van der Waals surface area (Å²) < 4.78 is 5.27. The number of hydrogen-bond acceptors (Lipinski definition) is 3. The summed E-state index contributed by atoms with van der Waals surface area (Å²) in [6.07, 6.45) is 9.71. The maximum Gasteiger partial charge on any atom is 0.308 e. The third-order valence-electron chi connectivity index (χ3n) is 3.38. The summed E-state index contributed by atoms with van der Waals surface area (Å²) in [7, 11) is 0. The van der Waals surface area contributed by atoms with Crippen molar-refractivity contribution in [2.45, 2.75) is 83.3 Å². The molecule has 0 aromatic carbocycles. The standard InChI is InChI=1S/C14H26O3/c1-12-9-7-5-3-2-4-6-8-10-13(15)11-14(16)17-12/h12-13,15H,2-11H2,1H3/t12-,13-/m0/s1. The fourth-order valence-corrected chi connectivity index (χ4v) is 2.32. The highest BCUT2D eigenvalue weighted by Crippen LogP contribution is 2.15. The summed E-state index contributed by atoms with van der Waals surface area (Å²) >= 11 is 0. The van der Waals surface area contributed by atoms with Gasteiger partial charge in [-0.05, 0) is 26.2 Å². The number of ether oxygens (including phenoxy) is 1. The van der Waals surface area contributed by atoms with Crippen molar-refractivity contribution in [2.75, 3.05) is 0 Å². The van der Waals surface area contributed by atoms with Gasteiger partial charge in [0.1, 0.15) is 0 Å². The minimum Gasteiger partial charge on any atom is -0.463 e. The Morgan fingerprint density at radius 1 is 1.00 bits per heavy atom. The van der Waals surface area contributed by atoms with Crippen LogP contribution in [-0.2, 0) is 9.53 Å². The fraction of sp³-hybridized carbons (Fsp3) is 0.929. The van der Waals surface area contributed by atoms with Crippen LogP contribution in [0.15, 0.2) is 0 Å². The van der Waals surface area contributed by atoms with Gasteiger partial charge in [-0.3, -0.25) is 4.79 Å². The average Bonchev–Trinajstić information content (AvgIpc) is 2.25. The van der Waals surface area contributed by atoms with Gasteiger partial charge in [0.25, 0.3) is 0 Å². The van der Waals surface area contributed by atoms with Crippen molar-refractivity contribution in [2.24, 2.45) is 0 Å². The van der Waals surface area contributed by atoms with Gasteiger partial charge < -0.3 is 9.84 Å². The number of cyclic esters (lactones) is 1. The highest BCUT2D eigenvalue weighted by molar-refractivity contribution is 5.70. The van der Waals surface area contributed by atoms with Crippen LogP contribution >= 0.6 is 0 Å². The molecule has 0 amide bonds. The lowest BCUT2D eigenvalue weighted by Crippen LogP contribution is -2.20. The van der Waals surface area contributed by atoms with Crippen LogP contribution in [0.4, 0.5) is 0 Å². The Kier molecular flexibility index (Phi) is 7.25. The molecular weight excluding hydrogens is 216 g/mol. The van der Waals surface area contributed by atoms with Gasteiger partial charge in [-0.1, -0.05) is 38.5 Å². The zero-order valence-electron chi connectivity index (χ0n) is 11.0. The molecule has 0 saturated carbocycles. The molecule has 0 aromatic heterocycles. The van der Waals surface area contributed by atoms with Gasteiger partial charge >= 0.3 is 5.97 Å².